The van der Waals surface area contributed by atoms with Gasteiger partial charge in [-0.1, -0.05) is 23.2 Å². The van der Waals surface area contributed by atoms with Crippen molar-refractivity contribution in [3.8, 4) is 0 Å². The molecule has 3 N–H and O–H groups in total. The van der Waals surface area contributed by atoms with E-state index in [0.717, 1.165) is 24.9 Å². The van der Waals surface area contributed by atoms with Crippen LogP contribution in [0.1, 0.15) is 24.8 Å². The van der Waals surface area contributed by atoms with Gasteiger partial charge in [-0.25, -0.2) is 0 Å². The van der Waals surface area contributed by atoms with E-state index in [-0.39, 0.29) is 0 Å². The normalized spacial score (nSPS) is 23.5. The van der Waals surface area contributed by atoms with E-state index < -0.39 is 0 Å². The van der Waals surface area contributed by atoms with Crippen molar-refractivity contribution in [1.29, 1.82) is 0 Å². The van der Waals surface area contributed by atoms with Gasteiger partial charge in [0.05, 0.1) is 21.8 Å². The Morgan fingerprint density at radius 3 is 2.61 bits per heavy atom. The minimum Gasteiger partial charge on any atom is -0.396 e. The minimum atomic E-state index is 0.310. The molecule has 1 saturated carbocycles. The number of ether oxygens (including phenoxy) is 1. The molecule has 1 aromatic rings. The van der Waals surface area contributed by atoms with Crippen LogP contribution in [0.5, 0.6) is 0 Å². The Labute approximate surface area is 118 Å². The first-order valence-electron chi connectivity index (χ1n) is 6.11. The zero-order chi connectivity index (χ0) is 13.1. The van der Waals surface area contributed by atoms with Gasteiger partial charge in [0.2, 0.25) is 0 Å². The molecule has 0 amide bonds. The molecule has 2 rings (SSSR count). The van der Waals surface area contributed by atoms with Crippen molar-refractivity contribution in [2.24, 2.45) is 0 Å². The summed E-state index contributed by atoms with van der Waals surface area (Å²) in [6.07, 6.45) is 3.79. The molecule has 2 atom stereocenters. The number of nitrogens with two attached hydrogens (primary N) is 1. The molecule has 1 fully saturated rings. The molecule has 1 aromatic carbocycles. The quantitative estimate of drug-likeness (QED) is 0.837. The molecular formula is C13H18Cl2N2O. The van der Waals surface area contributed by atoms with Crippen molar-refractivity contribution < 1.29 is 4.74 Å². The first kappa shape index (κ1) is 13.9. The first-order chi connectivity index (χ1) is 8.61. The average Bonchev–Trinajstić information content (AvgIpc) is 2.80. The maximum absolute atomic E-state index is 6.01. The lowest BCUT2D eigenvalue weighted by Gasteiger charge is -2.20. The number of anilines is 1. The molecule has 0 saturated heterocycles. The monoisotopic (exact) mass is 288 g/mol. The highest BCUT2D eigenvalue weighted by Gasteiger charge is 2.26. The third-order valence-electron chi connectivity index (χ3n) is 3.46. The second-order valence-electron chi connectivity index (χ2n) is 4.67. The van der Waals surface area contributed by atoms with Crippen LogP contribution in [0.3, 0.4) is 0 Å². The van der Waals surface area contributed by atoms with Crippen molar-refractivity contribution in [3.05, 3.63) is 27.7 Å². The fourth-order valence-electron chi connectivity index (χ4n) is 2.43. The summed E-state index contributed by atoms with van der Waals surface area (Å²) in [6, 6.07) is 4.11. The van der Waals surface area contributed by atoms with E-state index in [9.17, 15) is 0 Å². The molecular weight excluding hydrogens is 271 g/mol. The second-order valence-corrected chi connectivity index (χ2v) is 5.48. The Kier molecular flexibility index (Phi) is 4.73. The van der Waals surface area contributed by atoms with E-state index in [1.165, 1.54) is 6.42 Å². The molecule has 0 aromatic heterocycles. The molecule has 0 aliphatic heterocycles. The van der Waals surface area contributed by atoms with Gasteiger partial charge in [-0.2, -0.15) is 0 Å². The van der Waals surface area contributed by atoms with Crippen LogP contribution >= 0.6 is 23.2 Å². The van der Waals surface area contributed by atoms with Crippen LogP contribution in [0.25, 0.3) is 0 Å². The van der Waals surface area contributed by atoms with Gasteiger partial charge in [-0.3, -0.25) is 0 Å². The van der Waals surface area contributed by atoms with Gasteiger partial charge in [0.25, 0.3) is 0 Å². The second kappa shape index (κ2) is 6.11. The number of nitrogens with one attached hydrogen (secondary N) is 1. The van der Waals surface area contributed by atoms with Gasteiger partial charge >= 0.3 is 0 Å². The Balaban J connectivity index is 1.98. The number of rotatable bonds is 4. The zero-order valence-corrected chi connectivity index (χ0v) is 11.9. The van der Waals surface area contributed by atoms with Crippen LogP contribution in [-0.4, -0.2) is 19.3 Å². The summed E-state index contributed by atoms with van der Waals surface area (Å²) in [6.45, 7) is 0.726. The fraction of sp³-hybridized carbons (Fsp3) is 0.538. The Bertz CT molecular complexity index is 402. The maximum atomic E-state index is 6.01. The standard InChI is InChI=1S/C13H18Cl2N2O/c1-18-12-4-2-3-11(12)17-7-8-5-9(14)13(16)10(15)6-8/h5-6,11-12,17H,2-4,7,16H2,1H3. The van der Waals surface area contributed by atoms with E-state index >= 15 is 0 Å². The number of methoxy groups -OCH3 is 1. The number of nitrogen functional groups attached to an aromatic ring is 1. The lowest BCUT2D eigenvalue weighted by molar-refractivity contribution is 0.0847. The van der Waals surface area contributed by atoms with Gasteiger partial charge in [0.1, 0.15) is 0 Å². The van der Waals surface area contributed by atoms with Gasteiger partial charge < -0.3 is 15.8 Å². The molecule has 0 heterocycles. The van der Waals surface area contributed by atoms with Crippen molar-refractivity contribution in [2.45, 2.75) is 38.0 Å². The SMILES string of the molecule is COC1CCCC1NCc1cc(Cl)c(N)c(Cl)c1. The summed E-state index contributed by atoms with van der Waals surface area (Å²) in [4.78, 5) is 0. The number of benzene rings is 1. The molecule has 3 nitrogen and oxygen atoms in total. The van der Waals surface area contributed by atoms with Crippen molar-refractivity contribution in [2.75, 3.05) is 12.8 Å². The van der Waals surface area contributed by atoms with Gasteiger partial charge in [-0.15, -0.1) is 0 Å². The molecule has 100 valence electrons. The van der Waals surface area contributed by atoms with Gasteiger partial charge in [0, 0.05) is 19.7 Å². The van der Waals surface area contributed by atoms with Crippen LogP contribution in [0.2, 0.25) is 10.0 Å². The molecule has 0 radical (unpaired) electrons. The number of halogens is 2. The van der Waals surface area contributed by atoms with E-state index in [0.29, 0.717) is 27.9 Å². The predicted octanol–water partition coefficient (Wildman–Crippen LogP) is 3.23. The molecule has 0 bridgehead atoms. The highest BCUT2D eigenvalue weighted by atomic mass is 35.5. The van der Waals surface area contributed by atoms with E-state index in [2.05, 4.69) is 5.32 Å². The number of hydrogen-bond acceptors (Lipinski definition) is 3. The number of hydrogen-bond donors (Lipinski definition) is 2. The lowest BCUT2D eigenvalue weighted by Crippen LogP contribution is -2.36. The summed E-state index contributed by atoms with van der Waals surface area (Å²) >= 11 is 12.0. The van der Waals surface area contributed by atoms with E-state index in [1.54, 1.807) is 7.11 Å². The fourth-order valence-corrected chi connectivity index (χ4v) is 2.96. The molecule has 0 spiro atoms. The van der Waals surface area contributed by atoms with Crippen LogP contribution in [0, 0.1) is 0 Å². The first-order valence-corrected chi connectivity index (χ1v) is 6.87. The Hall–Kier alpha value is -0.480. The van der Waals surface area contributed by atoms with Crippen LogP contribution in [0.4, 0.5) is 5.69 Å². The molecule has 2 unspecified atom stereocenters. The summed E-state index contributed by atoms with van der Waals surface area (Å²) in [5.41, 5.74) is 7.19. The average molecular weight is 289 g/mol. The molecule has 1 aliphatic rings. The van der Waals surface area contributed by atoms with E-state index in [1.807, 2.05) is 12.1 Å². The topological polar surface area (TPSA) is 47.3 Å². The smallest absolute Gasteiger partial charge is 0.0724 e. The largest absolute Gasteiger partial charge is 0.396 e. The Morgan fingerprint density at radius 1 is 1.33 bits per heavy atom. The zero-order valence-electron chi connectivity index (χ0n) is 10.4. The highest BCUT2D eigenvalue weighted by Crippen LogP contribution is 2.29. The third-order valence-corrected chi connectivity index (χ3v) is 4.09. The maximum Gasteiger partial charge on any atom is 0.0724 e. The summed E-state index contributed by atoms with van der Waals surface area (Å²) in [5.74, 6) is 0. The van der Waals surface area contributed by atoms with Gasteiger partial charge in [-0.05, 0) is 37.0 Å². The molecule has 5 heteroatoms. The lowest BCUT2D eigenvalue weighted by atomic mass is 10.1. The van der Waals surface area contributed by atoms with Crippen LogP contribution in [0.15, 0.2) is 12.1 Å². The van der Waals surface area contributed by atoms with E-state index in [4.69, 9.17) is 33.7 Å². The third kappa shape index (κ3) is 3.09. The summed E-state index contributed by atoms with van der Waals surface area (Å²) in [5, 5.41) is 4.51. The minimum absolute atomic E-state index is 0.310. The summed E-state index contributed by atoms with van der Waals surface area (Å²) in [7, 11) is 1.77. The van der Waals surface area contributed by atoms with Crippen molar-refractivity contribution >= 4 is 28.9 Å². The summed E-state index contributed by atoms with van der Waals surface area (Å²) < 4.78 is 5.44. The van der Waals surface area contributed by atoms with Crippen molar-refractivity contribution in [3.63, 3.8) is 0 Å². The molecule has 1 aliphatic carbocycles. The predicted molar refractivity (Wildman–Crippen MR) is 76.2 cm³/mol. The van der Waals surface area contributed by atoms with Crippen LogP contribution < -0.4 is 11.1 Å². The highest BCUT2D eigenvalue weighted by molar-refractivity contribution is 6.38. The molecule has 18 heavy (non-hydrogen) atoms. The van der Waals surface area contributed by atoms with Crippen molar-refractivity contribution in [1.82, 2.24) is 5.32 Å². The Morgan fingerprint density at radius 2 is 2.00 bits per heavy atom. The van der Waals surface area contributed by atoms with Crippen LogP contribution in [-0.2, 0) is 11.3 Å². The van der Waals surface area contributed by atoms with Gasteiger partial charge in [0.15, 0.2) is 0 Å².